The van der Waals surface area contributed by atoms with Crippen molar-refractivity contribution < 1.29 is 4.79 Å². The molecule has 118 valence electrons. The van der Waals surface area contributed by atoms with Crippen LogP contribution in [0.4, 0.5) is 0 Å². The fourth-order valence-corrected chi connectivity index (χ4v) is 3.19. The molecular weight excluding hydrogens is 266 g/mol. The van der Waals surface area contributed by atoms with E-state index >= 15 is 0 Å². The number of rotatable bonds is 5. The van der Waals surface area contributed by atoms with Crippen LogP contribution >= 0.6 is 0 Å². The Morgan fingerprint density at radius 1 is 1.57 bits per heavy atom. The van der Waals surface area contributed by atoms with E-state index < -0.39 is 0 Å². The van der Waals surface area contributed by atoms with Crippen molar-refractivity contribution in [3.63, 3.8) is 0 Å². The van der Waals surface area contributed by atoms with Crippen LogP contribution in [0.5, 0.6) is 0 Å². The molecule has 1 aliphatic rings. The molecule has 1 aromatic heterocycles. The minimum absolute atomic E-state index is 0.00441. The molecule has 1 amide bonds. The number of likely N-dealkylation sites (tertiary alicyclic amines) is 1. The van der Waals surface area contributed by atoms with Gasteiger partial charge in [-0.3, -0.25) is 14.4 Å². The van der Waals surface area contributed by atoms with Crippen molar-refractivity contribution >= 4 is 5.91 Å². The number of likely N-dealkylation sites (N-methyl/N-ethyl adjacent to an activating group) is 1. The van der Waals surface area contributed by atoms with E-state index in [1.54, 1.807) is 9.58 Å². The van der Waals surface area contributed by atoms with Gasteiger partial charge in [0.25, 0.3) is 0 Å². The molecule has 3 unspecified atom stereocenters. The predicted octanol–water partition coefficient (Wildman–Crippen LogP) is 0.751. The first-order chi connectivity index (χ1) is 9.95. The summed E-state index contributed by atoms with van der Waals surface area (Å²) in [7, 11) is 5.54. The van der Waals surface area contributed by atoms with Gasteiger partial charge in [0, 0.05) is 38.9 Å². The number of nitrogens with zero attached hydrogens (tertiary/aromatic N) is 4. The van der Waals surface area contributed by atoms with E-state index in [1.165, 1.54) is 0 Å². The van der Waals surface area contributed by atoms with Crippen LogP contribution in [0, 0.1) is 0 Å². The molecule has 0 aromatic carbocycles. The van der Waals surface area contributed by atoms with Crippen LogP contribution in [0.15, 0.2) is 12.4 Å². The number of carbonyl (C=O) groups is 1. The first-order valence-corrected chi connectivity index (χ1v) is 7.66. The Morgan fingerprint density at radius 3 is 2.81 bits per heavy atom. The second kappa shape index (κ2) is 6.58. The molecular formula is C15H27N5O. The molecule has 1 aliphatic heterocycles. The Bertz CT molecular complexity index is 484. The summed E-state index contributed by atoms with van der Waals surface area (Å²) in [5, 5.41) is 4.27. The van der Waals surface area contributed by atoms with Gasteiger partial charge in [0.1, 0.15) is 0 Å². The molecule has 3 atom stereocenters. The summed E-state index contributed by atoms with van der Waals surface area (Å²) in [5.74, 6) is 0.171. The number of aryl methyl sites for hydroxylation is 1. The molecule has 1 saturated heterocycles. The van der Waals surface area contributed by atoms with Gasteiger partial charge < -0.3 is 10.6 Å². The third-order valence-electron chi connectivity index (χ3n) is 4.32. The molecule has 2 N–H and O–H groups in total. The van der Waals surface area contributed by atoms with Crippen LogP contribution in [0.1, 0.15) is 37.8 Å². The van der Waals surface area contributed by atoms with Crippen molar-refractivity contribution in [3.8, 4) is 0 Å². The predicted molar refractivity (Wildman–Crippen MR) is 82.6 cm³/mol. The maximum Gasteiger partial charge on any atom is 0.239 e. The van der Waals surface area contributed by atoms with E-state index in [0.717, 1.165) is 31.4 Å². The van der Waals surface area contributed by atoms with Crippen molar-refractivity contribution in [1.29, 1.82) is 0 Å². The molecule has 1 fully saturated rings. The Hall–Kier alpha value is -1.40. The average Bonchev–Trinajstić information content (AvgIpc) is 3.07. The van der Waals surface area contributed by atoms with E-state index in [-0.39, 0.29) is 24.0 Å². The smallest absolute Gasteiger partial charge is 0.239 e. The van der Waals surface area contributed by atoms with Gasteiger partial charge in [0.05, 0.1) is 18.3 Å². The van der Waals surface area contributed by atoms with E-state index in [0.29, 0.717) is 0 Å². The molecule has 2 rings (SSSR count). The largest absolute Gasteiger partial charge is 0.347 e. The topological polar surface area (TPSA) is 67.4 Å². The number of aromatic nitrogens is 2. The molecule has 1 aromatic rings. The molecule has 0 saturated carbocycles. The number of amides is 1. The Kier molecular flexibility index (Phi) is 5.00. The van der Waals surface area contributed by atoms with Crippen LogP contribution in [-0.2, 0) is 11.8 Å². The van der Waals surface area contributed by atoms with Gasteiger partial charge in [-0.2, -0.15) is 5.10 Å². The lowest BCUT2D eigenvalue weighted by atomic mass is 9.98. The highest BCUT2D eigenvalue weighted by molar-refractivity contribution is 5.81. The Balaban J connectivity index is 2.29. The lowest BCUT2D eigenvalue weighted by Gasteiger charge is -2.36. The number of hydrogen-bond donors (Lipinski definition) is 1. The zero-order chi connectivity index (χ0) is 15.6. The highest BCUT2D eigenvalue weighted by Crippen LogP contribution is 2.32. The Labute approximate surface area is 126 Å². The summed E-state index contributed by atoms with van der Waals surface area (Å²) in [5.41, 5.74) is 7.48. The van der Waals surface area contributed by atoms with Crippen molar-refractivity contribution in [2.24, 2.45) is 12.8 Å². The van der Waals surface area contributed by atoms with Crippen molar-refractivity contribution in [2.75, 3.05) is 20.6 Å². The van der Waals surface area contributed by atoms with E-state index in [2.05, 4.69) is 16.9 Å². The highest BCUT2D eigenvalue weighted by Gasteiger charge is 2.39. The van der Waals surface area contributed by atoms with Crippen LogP contribution in [0.2, 0.25) is 0 Å². The average molecular weight is 293 g/mol. The fraction of sp³-hybridized carbons (Fsp3) is 0.733. The minimum atomic E-state index is -0.0668. The van der Waals surface area contributed by atoms with E-state index in [1.807, 2.05) is 33.5 Å². The molecule has 0 spiro atoms. The van der Waals surface area contributed by atoms with Gasteiger partial charge in [0.2, 0.25) is 5.91 Å². The van der Waals surface area contributed by atoms with Crippen molar-refractivity contribution in [3.05, 3.63) is 18.0 Å². The number of carbonyl (C=O) groups excluding carboxylic acids is 1. The maximum absolute atomic E-state index is 12.4. The van der Waals surface area contributed by atoms with Crippen LogP contribution in [0.25, 0.3) is 0 Å². The lowest BCUT2D eigenvalue weighted by molar-refractivity contribution is -0.134. The first kappa shape index (κ1) is 16.0. The minimum Gasteiger partial charge on any atom is -0.347 e. The molecule has 6 nitrogen and oxygen atoms in total. The zero-order valence-corrected chi connectivity index (χ0v) is 13.5. The normalized spacial score (nSPS) is 22.2. The van der Waals surface area contributed by atoms with Gasteiger partial charge >= 0.3 is 0 Å². The summed E-state index contributed by atoms with van der Waals surface area (Å²) in [6.45, 7) is 3.00. The molecule has 6 heteroatoms. The summed E-state index contributed by atoms with van der Waals surface area (Å²) >= 11 is 0. The van der Waals surface area contributed by atoms with Gasteiger partial charge in [-0.25, -0.2) is 0 Å². The van der Waals surface area contributed by atoms with Gasteiger partial charge in [-0.15, -0.1) is 0 Å². The highest BCUT2D eigenvalue weighted by atomic mass is 16.2. The third-order valence-corrected chi connectivity index (χ3v) is 4.32. The molecule has 0 aliphatic carbocycles. The summed E-state index contributed by atoms with van der Waals surface area (Å²) in [6, 6.07) is -0.00679. The third kappa shape index (κ3) is 3.27. The summed E-state index contributed by atoms with van der Waals surface area (Å²) < 4.78 is 1.80. The quantitative estimate of drug-likeness (QED) is 0.870. The lowest BCUT2D eigenvalue weighted by Crippen LogP contribution is -2.48. The fourth-order valence-electron chi connectivity index (χ4n) is 3.19. The van der Waals surface area contributed by atoms with Crippen molar-refractivity contribution in [2.45, 2.75) is 44.3 Å². The van der Waals surface area contributed by atoms with Crippen LogP contribution in [0.3, 0.4) is 0 Å². The molecule has 0 radical (unpaired) electrons. The second-order valence-corrected chi connectivity index (χ2v) is 6.09. The molecule has 21 heavy (non-hydrogen) atoms. The van der Waals surface area contributed by atoms with Crippen molar-refractivity contribution in [1.82, 2.24) is 19.6 Å². The van der Waals surface area contributed by atoms with Gasteiger partial charge in [-0.05, 0) is 25.8 Å². The van der Waals surface area contributed by atoms with E-state index in [4.69, 9.17) is 5.73 Å². The van der Waals surface area contributed by atoms with Crippen LogP contribution in [-0.4, -0.2) is 58.2 Å². The van der Waals surface area contributed by atoms with Gasteiger partial charge in [0.15, 0.2) is 0 Å². The Morgan fingerprint density at radius 2 is 2.29 bits per heavy atom. The molecule has 2 heterocycles. The summed E-state index contributed by atoms with van der Waals surface area (Å²) in [6.07, 6.45) is 6.70. The molecule has 0 bridgehead atoms. The second-order valence-electron chi connectivity index (χ2n) is 6.09. The number of hydrogen-bond acceptors (Lipinski definition) is 4. The maximum atomic E-state index is 12.4. The van der Waals surface area contributed by atoms with Crippen LogP contribution < -0.4 is 5.73 Å². The monoisotopic (exact) mass is 293 g/mol. The van der Waals surface area contributed by atoms with Gasteiger partial charge in [-0.1, -0.05) is 6.92 Å². The zero-order valence-electron chi connectivity index (χ0n) is 13.5. The summed E-state index contributed by atoms with van der Waals surface area (Å²) in [4.78, 5) is 16.4. The standard InChI is InChI=1S/C15H27N5O/c1-5-12(16)14(11-9-17-19(4)10-11)20-8-6-7-13(20)15(21)18(2)3/h9-10,12-14H,5-8,16H2,1-4H3. The SMILES string of the molecule is CCC(N)C(c1cnn(C)c1)N1CCCC1C(=O)N(C)C. The first-order valence-electron chi connectivity index (χ1n) is 7.66. The van der Waals surface area contributed by atoms with E-state index in [9.17, 15) is 4.79 Å². The number of nitrogens with two attached hydrogens (primary N) is 1.